The first-order valence-electron chi connectivity index (χ1n) is 5.31. The number of nitrogens with zero attached hydrogens (tertiary/aromatic N) is 1. The molecule has 0 aromatic carbocycles. The summed E-state index contributed by atoms with van der Waals surface area (Å²) in [6.07, 6.45) is -3.48. The Morgan fingerprint density at radius 1 is 1.56 bits per heavy atom. The number of halogens is 3. The van der Waals surface area contributed by atoms with Gasteiger partial charge in [0.25, 0.3) is 6.43 Å². The molecule has 1 heterocycles. The van der Waals surface area contributed by atoms with E-state index in [0.29, 0.717) is 0 Å². The average Bonchev–Trinajstić information content (AvgIpc) is 2.27. The molecule has 0 bridgehead atoms. The minimum absolute atomic E-state index is 0.101. The Morgan fingerprint density at radius 2 is 2.22 bits per heavy atom. The second-order valence-electron chi connectivity index (χ2n) is 3.46. The van der Waals surface area contributed by atoms with Gasteiger partial charge in [0.15, 0.2) is 0 Å². The Morgan fingerprint density at radius 3 is 2.72 bits per heavy atom. The molecule has 0 aliphatic carbocycles. The number of carbonyl (C=O) groups is 1. The highest BCUT2D eigenvalue weighted by atomic mass is 19.3. The smallest absolute Gasteiger partial charge is 0.310 e. The lowest BCUT2D eigenvalue weighted by Gasteiger charge is -2.10. The summed E-state index contributed by atoms with van der Waals surface area (Å²) in [6.45, 7) is 1.61. The van der Waals surface area contributed by atoms with Gasteiger partial charge < -0.3 is 10.5 Å². The fourth-order valence-electron chi connectivity index (χ4n) is 1.48. The molecule has 0 radical (unpaired) electrons. The minimum atomic E-state index is -3.05. The van der Waals surface area contributed by atoms with Crippen LogP contribution in [0.25, 0.3) is 0 Å². The molecule has 0 saturated heterocycles. The van der Waals surface area contributed by atoms with Gasteiger partial charge in [-0.15, -0.1) is 0 Å². The number of aromatic nitrogens is 1. The van der Waals surface area contributed by atoms with Crippen molar-refractivity contribution in [3.8, 4) is 0 Å². The van der Waals surface area contributed by atoms with Crippen LogP contribution in [-0.2, 0) is 22.5 Å². The number of hydrogen-bond donors (Lipinski definition) is 1. The third-order valence-corrected chi connectivity index (χ3v) is 2.22. The van der Waals surface area contributed by atoms with Crippen LogP contribution >= 0.6 is 0 Å². The topological polar surface area (TPSA) is 65.2 Å². The van der Waals surface area contributed by atoms with Gasteiger partial charge in [0.1, 0.15) is 0 Å². The van der Waals surface area contributed by atoms with Gasteiger partial charge in [-0.3, -0.25) is 4.79 Å². The van der Waals surface area contributed by atoms with Crippen LogP contribution in [0.2, 0.25) is 0 Å². The van der Waals surface area contributed by atoms with E-state index in [9.17, 15) is 18.0 Å². The van der Waals surface area contributed by atoms with Crippen LogP contribution in [0.3, 0.4) is 0 Å². The predicted molar refractivity (Wildman–Crippen MR) is 57.4 cm³/mol. The first kappa shape index (κ1) is 14.4. The van der Waals surface area contributed by atoms with E-state index in [-0.39, 0.29) is 24.4 Å². The summed E-state index contributed by atoms with van der Waals surface area (Å²) in [5, 5.41) is 0. The lowest BCUT2D eigenvalue weighted by Crippen LogP contribution is -2.13. The summed E-state index contributed by atoms with van der Waals surface area (Å²) in [5.74, 6) is -2.00. The maximum atomic E-state index is 13.4. The Labute approximate surface area is 102 Å². The lowest BCUT2D eigenvalue weighted by atomic mass is 10.1. The molecule has 0 fully saturated rings. The van der Waals surface area contributed by atoms with Gasteiger partial charge in [-0.2, -0.15) is 4.39 Å². The van der Waals surface area contributed by atoms with E-state index in [1.165, 1.54) is 6.07 Å². The Kier molecular flexibility index (Phi) is 5.08. The van der Waals surface area contributed by atoms with E-state index in [4.69, 9.17) is 5.73 Å². The average molecular weight is 262 g/mol. The van der Waals surface area contributed by atoms with Crippen LogP contribution in [0, 0.1) is 5.95 Å². The second-order valence-corrected chi connectivity index (χ2v) is 3.46. The maximum absolute atomic E-state index is 13.4. The summed E-state index contributed by atoms with van der Waals surface area (Å²) in [7, 11) is 0. The van der Waals surface area contributed by atoms with E-state index in [0.717, 1.165) is 0 Å². The van der Waals surface area contributed by atoms with E-state index >= 15 is 0 Å². The zero-order valence-electron chi connectivity index (χ0n) is 9.75. The molecule has 1 aromatic heterocycles. The molecule has 0 unspecified atom stereocenters. The standard InChI is InChI=1S/C11H13F3N2O2/c1-2-18-8(17)4-6-3-7(5-15)16-11(14)9(6)10(12)13/h3,10H,2,4-5,15H2,1H3. The van der Waals surface area contributed by atoms with Crippen molar-refractivity contribution in [3.63, 3.8) is 0 Å². The molecular formula is C11H13F3N2O2. The monoisotopic (exact) mass is 262 g/mol. The zero-order chi connectivity index (χ0) is 13.7. The summed E-state index contributed by atoms with van der Waals surface area (Å²) in [4.78, 5) is 14.6. The van der Waals surface area contributed by atoms with E-state index in [2.05, 4.69) is 9.72 Å². The first-order valence-corrected chi connectivity index (χ1v) is 5.31. The number of hydrogen-bond acceptors (Lipinski definition) is 4. The Bertz CT molecular complexity index is 439. The van der Waals surface area contributed by atoms with Crippen LogP contribution < -0.4 is 5.73 Å². The third kappa shape index (κ3) is 3.43. The molecule has 4 nitrogen and oxygen atoms in total. The minimum Gasteiger partial charge on any atom is -0.466 e. The van der Waals surface area contributed by atoms with Gasteiger partial charge in [0, 0.05) is 6.54 Å². The van der Waals surface area contributed by atoms with E-state index in [1.807, 2.05) is 0 Å². The number of ether oxygens (including phenoxy) is 1. The molecule has 100 valence electrons. The van der Waals surface area contributed by atoms with Crippen LogP contribution in [0.4, 0.5) is 13.2 Å². The molecule has 2 N–H and O–H groups in total. The van der Waals surface area contributed by atoms with Crippen molar-refractivity contribution in [2.24, 2.45) is 5.73 Å². The molecule has 0 aliphatic heterocycles. The van der Waals surface area contributed by atoms with Crippen LogP contribution in [0.5, 0.6) is 0 Å². The predicted octanol–water partition coefficient (Wildman–Crippen LogP) is 1.72. The normalized spacial score (nSPS) is 10.8. The molecule has 0 aliphatic rings. The van der Waals surface area contributed by atoms with Crippen LogP contribution in [0.1, 0.15) is 30.2 Å². The van der Waals surface area contributed by atoms with Gasteiger partial charge in [0.05, 0.1) is 24.3 Å². The van der Waals surface area contributed by atoms with Gasteiger partial charge in [-0.25, -0.2) is 13.8 Å². The number of pyridine rings is 1. The summed E-state index contributed by atoms with van der Waals surface area (Å²) in [5.41, 5.74) is 4.36. The number of alkyl halides is 2. The van der Waals surface area contributed by atoms with Crippen molar-refractivity contribution in [1.82, 2.24) is 4.98 Å². The first-order chi connectivity index (χ1) is 8.49. The molecule has 0 spiro atoms. The molecule has 1 rings (SSSR count). The fourth-order valence-corrected chi connectivity index (χ4v) is 1.48. The molecule has 1 aromatic rings. The van der Waals surface area contributed by atoms with Crippen LogP contribution in [0.15, 0.2) is 6.07 Å². The van der Waals surface area contributed by atoms with Gasteiger partial charge >= 0.3 is 5.97 Å². The molecule has 0 atom stereocenters. The molecule has 18 heavy (non-hydrogen) atoms. The largest absolute Gasteiger partial charge is 0.466 e. The summed E-state index contributed by atoms with van der Waals surface area (Å²) < 4.78 is 43.4. The van der Waals surface area contributed by atoms with E-state index < -0.39 is 30.3 Å². The number of esters is 1. The molecular weight excluding hydrogens is 249 g/mol. The second kappa shape index (κ2) is 6.34. The van der Waals surface area contributed by atoms with Crippen molar-refractivity contribution in [3.05, 3.63) is 28.8 Å². The SMILES string of the molecule is CCOC(=O)Cc1cc(CN)nc(F)c1C(F)F. The quantitative estimate of drug-likeness (QED) is 0.648. The molecule has 7 heteroatoms. The lowest BCUT2D eigenvalue weighted by molar-refractivity contribution is -0.142. The van der Waals surface area contributed by atoms with Crippen molar-refractivity contribution >= 4 is 5.97 Å². The highest BCUT2D eigenvalue weighted by Crippen LogP contribution is 2.26. The Balaban J connectivity index is 3.13. The highest BCUT2D eigenvalue weighted by Gasteiger charge is 2.22. The summed E-state index contributed by atoms with van der Waals surface area (Å²) >= 11 is 0. The molecule has 0 amide bonds. The highest BCUT2D eigenvalue weighted by molar-refractivity contribution is 5.73. The van der Waals surface area contributed by atoms with Gasteiger partial charge in [0.2, 0.25) is 5.95 Å². The van der Waals surface area contributed by atoms with E-state index in [1.54, 1.807) is 6.92 Å². The maximum Gasteiger partial charge on any atom is 0.310 e. The van der Waals surface area contributed by atoms with Gasteiger partial charge in [-0.1, -0.05) is 0 Å². The number of rotatable bonds is 5. The zero-order valence-corrected chi connectivity index (χ0v) is 9.75. The van der Waals surface area contributed by atoms with Crippen molar-refractivity contribution in [2.75, 3.05) is 6.61 Å². The van der Waals surface area contributed by atoms with Crippen molar-refractivity contribution in [2.45, 2.75) is 26.3 Å². The summed E-state index contributed by atoms with van der Waals surface area (Å²) in [6, 6.07) is 1.20. The van der Waals surface area contributed by atoms with Crippen molar-refractivity contribution < 1.29 is 22.7 Å². The van der Waals surface area contributed by atoms with Crippen LogP contribution in [-0.4, -0.2) is 17.6 Å². The van der Waals surface area contributed by atoms with Gasteiger partial charge in [-0.05, 0) is 18.6 Å². The Hall–Kier alpha value is -1.63. The fraction of sp³-hybridized carbons (Fsp3) is 0.455. The molecule has 0 saturated carbocycles. The third-order valence-electron chi connectivity index (χ3n) is 2.22. The number of carbonyl (C=O) groups excluding carboxylic acids is 1. The van der Waals surface area contributed by atoms with Crippen molar-refractivity contribution in [1.29, 1.82) is 0 Å². The number of nitrogens with two attached hydrogens (primary N) is 1.